The molecule has 1 saturated heterocycles. The second-order valence-corrected chi connectivity index (χ2v) is 4.86. The number of fused-ring (bicyclic) bond motifs is 1. The quantitative estimate of drug-likeness (QED) is 0.834. The Hall–Kier alpha value is -1.85. The molecule has 2 heterocycles. The van der Waals surface area contributed by atoms with Gasteiger partial charge in [0.1, 0.15) is 0 Å². The van der Waals surface area contributed by atoms with Gasteiger partial charge in [0.25, 0.3) is 5.91 Å². The van der Waals surface area contributed by atoms with Gasteiger partial charge in [-0.2, -0.15) is 0 Å². The molecule has 1 aliphatic heterocycles. The minimum atomic E-state index is -0.626. The van der Waals surface area contributed by atoms with Crippen molar-refractivity contribution in [3.05, 3.63) is 36.0 Å². The largest absolute Gasteiger partial charge is 0.388 e. The van der Waals surface area contributed by atoms with Gasteiger partial charge in [0, 0.05) is 24.1 Å². The van der Waals surface area contributed by atoms with E-state index in [0.29, 0.717) is 12.2 Å². The van der Waals surface area contributed by atoms with E-state index in [2.05, 4.69) is 5.32 Å². The summed E-state index contributed by atoms with van der Waals surface area (Å²) in [6, 6.07) is 7.42. The van der Waals surface area contributed by atoms with Crippen LogP contribution in [0.1, 0.15) is 10.4 Å². The molecule has 2 unspecified atom stereocenters. The van der Waals surface area contributed by atoms with Crippen LogP contribution in [-0.2, 0) is 11.8 Å². The Labute approximate surface area is 110 Å². The highest BCUT2D eigenvalue weighted by molar-refractivity contribution is 6.07. The monoisotopic (exact) mass is 260 g/mol. The van der Waals surface area contributed by atoms with Gasteiger partial charge in [-0.15, -0.1) is 0 Å². The van der Waals surface area contributed by atoms with E-state index >= 15 is 0 Å². The van der Waals surface area contributed by atoms with Crippen LogP contribution in [0.2, 0.25) is 0 Å². The van der Waals surface area contributed by atoms with Crippen LogP contribution in [0, 0.1) is 0 Å². The van der Waals surface area contributed by atoms with E-state index in [1.165, 1.54) is 0 Å². The minimum absolute atomic E-state index is 0.175. The lowest BCUT2D eigenvalue weighted by molar-refractivity contribution is 0.0888. The first kappa shape index (κ1) is 12.2. The first-order chi connectivity index (χ1) is 9.16. The zero-order chi connectivity index (χ0) is 13.4. The predicted molar refractivity (Wildman–Crippen MR) is 71.0 cm³/mol. The fourth-order valence-electron chi connectivity index (χ4n) is 2.45. The molecular formula is C14H16N2O3. The lowest BCUT2D eigenvalue weighted by Gasteiger charge is -2.13. The number of aromatic nitrogens is 1. The Morgan fingerprint density at radius 3 is 2.95 bits per heavy atom. The third-order valence-electron chi connectivity index (χ3n) is 3.51. The number of carbonyl (C=O) groups is 1. The van der Waals surface area contributed by atoms with Gasteiger partial charge in [0.2, 0.25) is 0 Å². The number of aliphatic hydroxyl groups is 1. The number of aliphatic hydroxyl groups excluding tert-OH is 1. The zero-order valence-electron chi connectivity index (χ0n) is 10.7. The topological polar surface area (TPSA) is 63.5 Å². The zero-order valence-corrected chi connectivity index (χ0v) is 10.7. The number of rotatable bonds is 2. The maximum atomic E-state index is 12.3. The van der Waals surface area contributed by atoms with Crippen molar-refractivity contribution >= 4 is 16.8 Å². The van der Waals surface area contributed by atoms with Gasteiger partial charge in [-0.3, -0.25) is 4.79 Å². The number of para-hydroxylation sites is 1. The van der Waals surface area contributed by atoms with Crippen LogP contribution >= 0.6 is 0 Å². The molecule has 1 amide bonds. The van der Waals surface area contributed by atoms with Crippen LogP contribution in [0.25, 0.3) is 10.9 Å². The molecule has 5 nitrogen and oxygen atoms in total. The van der Waals surface area contributed by atoms with E-state index in [-0.39, 0.29) is 18.6 Å². The Balaban J connectivity index is 1.89. The smallest absolute Gasteiger partial charge is 0.253 e. The first-order valence-electron chi connectivity index (χ1n) is 6.27. The number of carbonyl (C=O) groups excluding carboxylic acids is 1. The summed E-state index contributed by atoms with van der Waals surface area (Å²) in [5.74, 6) is -0.175. The maximum Gasteiger partial charge on any atom is 0.253 e. The van der Waals surface area contributed by atoms with Gasteiger partial charge in [-0.25, -0.2) is 0 Å². The van der Waals surface area contributed by atoms with E-state index in [9.17, 15) is 9.90 Å². The molecule has 0 bridgehead atoms. The fraction of sp³-hybridized carbons (Fsp3) is 0.357. The molecule has 2 N–H and O–H groups in total. The maximum absolute atomic E-state index is 12.3. The molecule has 1 aromatic carbocycles. The third-order valence-corrected chi connectivity index (χ3v) is 3.51. The minimum Gasteiger partial charge on any atom is -0.388 e. The second-order valence-electron chi connectivity index (χ2n) is 4.86. The van der Waals surface area contributed by atoms with E-state index in [1.807, 2.05) is 42.1 Å². The Kier molecular flexibility index (Phi) is 3.00. The fourth-order valence-corrected chi connectivity index (χ4v) is 2.45. The van der Waals surface area contributed by atoms with E-state index in [0.717, 1.165) is 10.9 Å². The standard InChI is InChI=1S/C14H16N2O3/c1-16-6-10(9-4-2-3-5-12(9)16)14(18)15-11-7-19-8-13(11)17/h2-6,11,13,17H,7-8H2,1H3,(H,15,18). The lowest BCUT2D eigenvalue weighted by atomic mass is 10.1. The predicted octanol–water partition coefficient (Wildman–Crippen LogP) is 0.668. The number of hydrogen-bond acceptors (Lipinski definition) is 3. The number of benzene rings is 1. The third kappa shape index (κ3) is 2.11. The van der Waals surface area contributed by atoms with E-state index in [4.69, 9.17) is 4.74 Å². The highest BCUT2D eigenvalue weighted by Gasteiger charge is 2.28. The molecule has 2 atom stereocenters. The molecule has 1 aromatic heterocycles. The van der Waals surface area contributed by atoms with Crippen LogP contribution in [0.5, 0.6) is 0 Å². The first-order valence-corrected chi connectivity index (χ1v) is 6.27. The summed E-state index contributed by atoms with van der Waals surface area (Å²) in [5.41, 5.74) is 1.63. The van der Waals surface area contributed by atoms with Gasteiger partial charge in [0.15, 0.2) is 0 Å². The molecular weight excluding hydrogens is 244 g/mol. The number of aryl methyl sites for hydroxylation is 1. The van der Waals surface area contributed by atoms with E-state index in [1.54, 1.807) is 0 Å². The van der Waals surface area contributed by atoms with Crippen molar-refractivity contribution in [2.75, 3.05) is 13.2 Å². The summed E-state index contributed by atoms with van der Waals surface area (Å²) in [5, 5.41) is 13.4. The molecule has 19 heavy (non-hydrogen) atoms. The summed E-state index contributed by atoms with van der Waals surface area (Å²) in [4.78, 5) is 12.3. The number of nitrogens with zero attached hydrogens (tertiary/aromatic N) is 1. The van der Waals surface area contributed by atoms with Crippen molar-refractivity contribution in [1.82, 2.24) is 9.88 Å². The average molecular weight is 260 g/mol. The number of amides is 1. The van der Waals surface area contributed by atoms with Gasteiger partial charge >= 0.3 is 0 Å². The molecule has 1 fully saturated rings. The van der Waals surface area contributed by atoms with Gasteiger partial charge in [-0.05, 0) is 6.07 Å². The number of nitrogens with one attached hydrogen (secondary N) is 1. The van der Waals surface area contributed by atoms with Crippen molar-refractivity contribution in [3.8, 4) is 0 Å². The summed E-state index contributed by atoms with van der Waals surface area (Å²) in [6.07, 6.45) is 1.18. The Morgan fingerprint density at radius 1 is 1.42 bits per heavy atom. The van der Waals surface area contributed by atoms with Crippen LogP contribution in [0.15, 0.2) is 30.5 Å². The van der Waals surface area contributed by atoms with E-state index < -0.39 is 6.10 Å². The number of ether oxygens (including phenoxy) is 1. The normalized spacial score (nSPS) is 22.8. The van der Waals surface area contributed by atoms with Crippen LogP contribution in [0.4, 0.5) is 0 Å². The molecule has 1 aliphatic rings. The average Bonchev–Trinajstić information content (AvgIpc) is 2.95. The lowest BCUT2D eigenvalue weighted by Crippen LogP contribution is -2.42. The second kappa shape index (κ2) is 4.68. The van der Waals surface area contributed by atoms with Crippen LogP contribution in [0.3, 0.4) is 0 Å². The van der Waals surface area contributed by atoms with Gasteiger partial charge < -0.3 is 19.7 Å². The summed E-state index contributed by atoms with van der Waals surface area (Å²) in [6.45, 7) is 0.637. The molecule has 100 valence electrons. The molecule has 2 aromatic rings. The molecule has 0 radical (unpaired) electrons. The summed E-state index contributed by atoms with van der Waals surface area (Å²) < 4.78 is 7.05. The molecule has 3 rings (SSSR count). The highest BCUT2D eigenvalue weighted by atomic mass is 16.5. The van der Waals surface area contributed by atoms with Gasteiger partial charge in [-0.1, -0.05) is 18.2 Å². The molecule has 0 saturated carbocycles. The summed E-state index contributed by atoms with van der Waals surface area (Å²) in [7, 11) is 1.91. The SMILES string of the molecule is Cn1cc(C(=O)NC2COCC2O)c2ccccc21. The van der Waals surface area contributed by atoms with Crippen LogP contribution in [-0.4, -0.2) is 40.9 Å². The van der Waals surface area contributed by atoms with Crippen molar-refractivity contribution in [3.63, 3.8) is 0 Å². The van der Waals surface area contributed by atoms with Crippen LogP contribution < -0.4 is 5.32 Å². The Morgan fingerprint density at radius 2 is 2.21 bits per heavy atom. The van der Waals surface area contributed by atoms with Crippen molar-refractivity contribution in [1.29, 1.82) is 0 Å². The van der Waals surface area contributed by atoms with Crippen molar-refractivity contribution < 1.29 is 14.6 Å². The summed E-state index contributed by atoms with van der Waals surface area (Å²) >= 11 is 0. The van der Waals surface area contributed by atoms with Crippen molar-refractivity contribution in [2.24, 2.45) is 7.05 Å². The van der Waals surface area contributed by atoms with Gasteiger partial charge in [0.05, 0.1) is 30.9 Å². The Bertz CT molecular complexity index is 620. The molecule has 5 heteroatoms. The molecule has 0 aliphatic carbocycles. The highest BCUT2D eigenvalue weighted by Crippen LogP contribution is 2.20. The van der Waals surface area contributed by atoms with Crippen molar-refractivity contribution in [2.45, 2.75) is 12.1 Å². The number of hydrogen-bond donors (Lipinski definition) is 2. The molecule has 0 spiro atoms.